The largest absolute Gasteiger partial charge is 0.392 e. The fourth-order valence-electron chi connectivity index (χ4n) is 4.65. The predicted molar refractivity (Wildman–Crippen MR) is 164 cm³/mol. The minimum absolute atomic E-state index is 0.0107. The molecule has 1 amide bonds. The Balaban J connectivity index is 1.34. The van der Waals surface area contributed by atoms with Gasteiger partial charge in [-0.3, -0.25) is 4.79 Å². The summed E-state index contributed by atoms with van der Waals surface area (Å²) in [5, 5.41) is 21.1. The molecule has 1 fully saturated rings. The average molecular weight is 648 g/mol. The second kappa shape index (κ2) is 13.8. The maximum Gasteiger partial charge on any atom is 0.272 e. The fourth-order valence-corrected chi connectivity index (χ4v) is 5.75. The van der Waals surface area contributed by atoms with Gasteiger partial charge in [0.05, 0.1) is 18.8 Å². The van der Waals surface area contributed by atoms with E-state index in [1.165, 1.54) is 0 Å². The Hall–Kier alpha value is -2.63. The van der Waals surface area contributed by atoms with Crippen LogP contribution in [0.1, 0.15) is 41.1 Å². The molecule has 8 nitrogen and oxygen atoms in total. The van der Waals surface area contributed by atoms with Crippen molar-refractivity contribution in [2.75, 3.05) is 5.75 Å². The van der Waals surface area contributed by atoms with Crippen molar-refractivity contribution >= 4 is 52.5 Å². The molecule has 1 aromatic heterocycles. The zero-order valence-electron chi connectivity index (χ0n) is 22.6. The lowest BCUT2D eigenvalue weighted by Crippen LogP contribution is -2.34. The van der Waals surface area contributed by atoms with Gasteiger partial charge >= 0.3 is 0 Å². The van der Waals surface area contributed by atoms with E-state index in [2.05, 4.69) is 15.5 Å². The Morgan fingerprint density at radius 2 is 1.76 bits per heavy atom. The number of nitrogens with zero attached hydrogens (tertiary/aromatic N) is 3. The number of hydrogen-bond acceptors (Lipinski definition) is 7. The maximum absolute atomic E-state index is 12.1. The van der Waals surface area contributed by atoms with Gasteiger partial charge in [0.15, 0.2) is 11.4 Å². The lowest BCUT2D eigenvalue weighted by Gasteiger charge is -2.36. The molecule has 42 heavy (non-hydrogen) atoms. The molecule has 3 aromatic carbocycles. The average Bonchev–Trinajstić information content (AvgIpc) is 3.42. The first kappa shape index (κ1) is 30.8. The number of aliphatic hydroxyl groups excluding tert-OH is 1. The van der Waals surface area contributed by atoms with Gasteiger partial charge in [0, 0.05) is 31.3 Å². The van der Waals surface area contributed by atoms with E-state index < -0.39 is 16.0 Å². The third-order valence-electron chi connectivity index (χ3n) is 6.89. The van der Waals surface area contributed by atoms with Crippen LogP contribution in [0.2, 0.25) is 0 Å². The smallest absolute Gasteiger partial charge is 0.272 e. The number of rotatable bonds is 9. The van der Waals surface area contributed by atoms with Gasteiger partial charge in [-0.25, -0.2) is 0 Å². The lowest BCUT2D eigenvalue weighted by atomic mass is 9.98. The number of thioether (sulfide) groups is 1. The summed E-state index contributed by atoms with van der Waals surface area (Å²) in [6.45, 7) is 0.199. The van der Waals surface area contributed by atoms with Crippen LogP contribution in [0.25, 0.3) is 11.1 Å². The molecule has 0 aliphatic carbocycles. The molecule has 3 atom stereocenters. The number of halogens is 3. The van der Waals surface area contributed by atoms with E-state index in [1.807, 2.05) is 84.4 Å². The van der Waals surface area contributed by atoms with Crippen molar-refractivity contribution in [2.45, 2.75) is 47.0 Å². The van der Waals surface area contributed by atoms with Crippen LogP contribution >= 0.6 is 46.6 Å². The number of aryl methyl sites for hydroxylation is 1. The third-order valence-corrected chi connectivity index (χ3v) is 8.57. The van der Waals surface area contributed by atoms with E-state index in [0.29, 0.717) is 12.2 Å². The number of carbonyl (C=O) groups is 1. The molecule has 5 rings (SSSR count). The van der Waals surface area contributed by atoms with Gasteiger partial charge in [0.2, 0.25) is 0 Å². The topological polar surface area (TPSA) is 98.5 Å². The number of carbonyl (C=O) groups excluding carboxylic acids is 1. The van der Waals surface area contributed by atoms with Gasteiger partial charge in [0.1, 0.15) is 6.33 Å². The molecular formula is C30H29Cl3N4O4S. The zero-order chi connectivity index (χ0) is 29.7. The monoisotopic (exact) mass is 646 g/mol. The van der Waals surface area contributed by atoms with Gasteiger partial charge in [-0.1, -0.05) is 119 Å². The Morgan fingerprint density at radius 3 is 2.43 bits per heavy atom. The van der Waals surface area contributed by atoms with E-state index in [9.17, 15) is 9.90 Å². The van der Waals surface area contributed by atoms with Crippen molar-refractivity contribution in [3.63, 3.8) is 0 Å². The van der Waals surface area contributed by atoms with Crippen molar-refractivity contribution in [2.24, 2.45) is 7.05 Å². The molecule has 1 aliphatic heterocycles. The van der Waals surface area contributed by atoms with Gasteiger partial charge in [-0.15, -0.1) is 10.2 Å². The highest BCUT2D eigenvalue weighted by atomic mass is 35.6. The maximum atomic E-state index is 12.1. The Bertz CT molecular complexity index is 1500. The van der Waals surface area contributed by atoms with Crippen LogP contribution in [0.15, 0.2) is 84.3 Å². The molecule has 0 unspecified atom stereocenters. The summed E-state index contributed by atoms with van der Waals surface area (Å²) < 4.78 is 12.8. The number of hydrogen-bond donors (Lipinski definition) is 2. The third kappa shape index (κ3) is 7.65. The van der Waals surface area contributed by atoms with Crippen molar-refractivity contribution in [1.82, 2.24) is 20.1 Å². The van der Waals surface area contributed by atoms with Crippen LogP contribution in [0, 0.1) is 0 Å². The summed E-state index contributed by atoms with van der Waals surface area (Å²) in [6, 6.07) is 23.5. The van der Waals surface area contributed by atoms with Crippen molar-refractivity contribution in [1.29, 1.82) is 0 Å². The highest BCUT2D eigenvalue weighted by Crippen LogP contribution is 2.40. The van der Waals surface area contributed by atoms with Crippen molar-refractivity contribution in [3.05, 3.63) is 101 Å². The van der Waals surface area contributed by atoms with E-state index >= 15 is 0 Å². The number of aliphatic hydroxyl groups is 1. The normalized spacial score (nSPS) is 19.0. The summed E-state index contributed by atoms with van der Waals surface area (Å²) >= 11 is 18.7. The Morgan fingerprint density at radius 1 is 1.05 bits per heavy atom. The molecule has 1 aliphatic rings. The number of benzene rings is 3. The van der Waals surface area contributed by atoms with Crippen LogP contribution in [0.5, 0.6) is 0 Å². The molecule has 0 radical (unpaired) electrons. The van der Waals surface area contributed by atoms with Crippen LogP contribution in [0.3, 0.4) is 0 Å². The number of ether oxygens (including phenoxy) is 2. The highest BCUT2D eigenvalue weighted by Gasteiger charge is 2.33. The summed E-state index contributed by atoms with van der Waals surface area (Å²) in [5.74, 6) is -0.0000970. The van der Waals surface area contributed by atoms with Crippen LogP contribution in [-0.2, 0) is 34.5 Å². The highest BCUT2D eigenvalue weighted by molar-refractivity contribution is 7.99. The van der Waals surface area contributed by atoms with Crippen LogP contribution < -0.4 is 5.32 Å². The minimum Gasteiger partial charge on any atom is -0.392 e. The summed E-state index contributed by atoms with van der Waals surface area (Å²) in [5.41, 5.74) is 5.53. The SMILES string of the molecule is Cn1cnnc1SC[C@H]1C[C@@H](c2ccc(CO)cc2)O[C@@H](c2ccc(-c3ccccc3CNC(=O)C(Cl)(Cl)Cl)cc2)O1. The first-order valence-electron chi connectivity index (χ1n) is 13.2. The van der Waals surface area contributed by atoms with Gasteiger partial charge in [-0.2, -0.15) is 0 Å². The fraction of sp³-hybridized carbons (Fsp3) is 0.300. The molecule has 0 saturated carbocycles. The van der Waals surface area contributed by atoms with E-state index in [-0.39, 0.29) is 25.4 Å². The van der Waals surface area contributed by atoms with Crippen molar-refractivity contribution < 1.29 is 19.4 Å². The van der Waals surface area contributed by atoms with Crippen LogP contribution in [0.4, 0.5) is 0 Å². The summed E-state index contributed by atoms with van der Waals surface area (Å²) in [7, 11) is 1.91. The Labute approximate surface area is 263 Å². The number of nitrogens with one attached hydrogen (secondary N) is 1. The molecule has 1 saturated heterocycles. The molecule has 4 aromatic rings. The first-order valence-corrected chi connectivity index (χ1v) is 15.3. The van der Waals surface area contributed by atoms with E-state index in [1.54, 1.807) is 18.1 Å². The summed E-state index contributed by atoms with van der Waals surface area (Å²) in [4.78, 5) is 12.1. The first-order chi connectivity index (χ1) is 20.2. The minimum atomic E-state index is -2.03. The predicted octanol–water partition coefficient (Wildman–Crippen LogP) is 6.30. The zero-order valence-corrected chi connectivity index (χ0v) is 25.7. The van der Waals surface area contributed by atoms with Crippen LogP contribution in [-0.4, -0.2) is 41.4 Å². The number of aromatic nitrogens is 3. The number of alkyl halides is 3. The molecule has 12 heteroatoms. The molecular weight excluding hydrogens is 619 g/mol. The van der Waals surface area contributed by atoms with Gasteiger partial charge < -0.3 is 24.5 Å². The van der Waals surface area contributed by atoms with Gasteiger partial charge in [-0.05, 0) is 27.8 Å². The molecule has 2 heterocycles. The lowest BCUT2D eigenvalue weighted by molar-refractivity contribution is -0.245. The number of amides is 1. The summed E-state index contributed by atoms with van der Waals surface area (Å²) in [6.07, 6.45) is 1.47. The molecule has 0 bridgehead atoms. The van der Waals surface area contributed by atoms with Gasteiger partial charge in [0.25, 0.3) is 9.70 Å². The molecule has 2 N–H and O–H groups in total. The standard InChI is InChI=1S/C30H29Cl3N4O4S/c1-37-18-35-36-29(37)42-17-24-14-26(21-8-6-19(16-38)7-9-21)41-27(40-24)22-12-10-20(11-13-22)25-5-3-2-4-23(25)15-34-28(39)30(31,32)33/h2-13,18,24,26-27,38H,14-17H2,1H3,(H,34,39)/t24-,26+,27+/m1/s1. The molecule has 0 spiro atoms. The molecule has 220 valence electrons. The van der Waals surface area contributed by atoms with E-state index in [4.69, 9.17) is 44.3 Å². The van der Waals surface area contributed by atoms with Crippen molar-refractivity contribution in [3.8, 4) is 11.1 Å². The van der Waals surface area contributed by atoms with E-state index in [0.717, 1.165) is 38.5 Å². The second-order valence-corrected chi connectivity index (χ2v) is 13.1. The second-order valence-electron chi connectivity index (χ2n) is 9.85. The Kier molecular flexibility index (Phi) is 10.1. The quantitative estimate of drug-likeness (QED) is 0.163.